The smallest absolute Gasteiger partial charge is 0.227 e. The molecule has 0 spiro atoms. The molecule has 0 bridgehead atoms. The van der Waals surface area contributed by atoms with Crippen molar-refractivity contribution in [3.8, 4) is 11.4 Å². The van der Waals surface area contributed by atoms with Crippen molar-refractivity contribution in [2.24, 2.45) is 7.05 Å². The van der Waals surface area contributed by atoms with E-state index in [0.29, 0.717) is 27.1 Å². The second kappa shape index (κ2) is 9.09. The number of nitrogens with zero attached hydrogens (tertiary/aromatic N) is 4. The molecule has 158 valence electrons. The Morgan fingerprint density at radius 2 is 1.94 bits per heavy atom. The van der Waals surface area contributed by atoms with Gasteiger partial charge >= 0.3 is 0 Å². The molecule has 2 heterocycles. The number of nitrogens with one attached hydrogen (secondary N) is 1. The zero-order valence-corrected chi connectivity index (χ0v) is 17.2. The van der Waals surface area contributed by atoms with Crippen molar-refractivity contribution in [3.05, 3.63) is 72.4 Å². The maximum absolute atomic E-state index is 13.8. The topological polar surface area (TPSA) is 85.8 Å². The summed E-state index contributed by atoms with van der Waals surface area (Å²) in [6.07, 6.45) is 3.73. The molecule has 1 amide bonds. The van der Waals surface area contributed by atoms with Gasteiger partial charge in [0.2, 0.25) is 17.6 Å². The average molecular weight is 441 g/mol. The molecule has 0 saturated carbocycles. The van der Waals surface area contributed by atoms with Crippen LogP contribution in [0.3, 0.4) is 0 Å². The number of aryl methyl sites for hydroxylation is 2. The Morgan fingerprint density at radius 1 is 1.16 bits per heavy atom. The molecule has 10 heteroatoms. The van der Waals surface area contributed by atoms with Crippen molar-refractivity contribution in [1.29, 1.82) is 0 Å². The molecule has 0 atom stereocenters. The van der Waals surface area contributed by atoms with Gasteiger partial charge in [0, 0.05) is 42.7 Å². The third-order valence-corrected chi connectivity index (χ3v) is 5.48. The van der Waals surface area contributed by atoms with E-state index in [-0.39, 0.29) is 30.5 Å². The minimum Gasteiger partial charge on any atom is -0.339 e. The zero-order chi connectivity index (χ0) is 21.8. The first-order valence-electron chi connectivity index (χ1n) is 9.31. The lowest BCUT2D eigenvalue weighted by atomic mass is 10.2. The van der Waals surface area contributed by atoms with Crippen molar-refractivity contribution < 1.29 is 18.1 Å². The number of rotatable bonds is 7. The maximum Gasteiger partial charge on any atom is 0.227 e. The number of hydrogen-bond donors (Lipinski definition) is 1. The van der Waals surface area contributed by atoms with Gasteiger partial charge in [0.15, 0.2) is 5.16 Å². The summed E-state index contributed by atoms with van der Waals surface area (Å²) in [6.45, 7) is 0. The highest BCUT2D eigenvalue weighted by Crippen LogP contribution is 2.33. The van der Waals surface area contributed by atoms with Crippen LogP contribution in [0.5, 0.6) is 0 Å². The van der Waals surface area contributed by atoms with Crippen LogP contribution in [0, 0.1) is 11.6 Å². The Labute approximate surface area is 180 Å². The molecule has 4 aromatic rings. The number of carbonyl (C=O) groups is 1. The molecular weight excluding hydrogens is 424 g/mol. The predicted octanol–water partition coefficient (Wildman–Crippen LogP) is 4.47. The van der Waals surface area contributed by atoms with Crippen molar-refractivity contribution >= 4 is 23.4 Å². The summed E-state index contributed by atoms with van der Waals surface area (Å²) in [5, 5.41) is 7.29. The van der Waals surface area contributed by atoms with E-state index in [0.717, 1.165) is 0 Å². The van der Waals surface area contributed by atoms with Gasteiger partial charge in [-0.2, -0.15) is 4.98 Å². The summed E-state index contributed by atoms with van der Waals surface area (Å²) in [7, 11) is 1.85. The number of benzene rings is 2. The molecule has 7 nitrogen and oxygen atoms in total. The van der Waals surface area contributed by atoms with Crippen LogP contribution < -0.4 is 5.32 Å². The van der Waals surface area contributed by atoms with E-state index < -0.39 is 5.82 Å². The molecule has 0 fully saturated rings. The highest BCUT2D eigenvalue weighted by molar-refractivity contribution is 7.99. The fraction of sp³-hybridized carbons (Fsp3) is 0.143. The van der Waals surface area contributed by atoms with E-state index in [9.17, 15) is 13.6 Å². The Morgan fingerprint density at radius 3 is 2.68 bits per heavy atom. The summed E-state index contributed by atoms with van der Waals surface area (Å²) < 4.78 is 33.8. The Bertz CT molecular complexity index is 1210. The number of halogens is 2. The van der Waals surface area contributed by atoms with E-state index in [1.165, 1.54) is 36.0 Å². The molecule has 0 radical (unpaired) electrons. The second-order valence-corrected chi connectivity index (χ2v) is 7.64. The quantitative estimate of drug-likeness (QED) is 0.455. The van der Waals surface area contributed by atoms with Crippen LogP contribution in [-0.4, -0.2) is 25.6 Å². The molecule has 0 aliphatic carbocycles. The van der Waals surface area contributed by atoms with Gasteiger partial charge < -0.3 is 14.4 Å². The van der Waals surface area contributed by atoms with Crippen LogP contribution in [0.25, 0.3) is 11.4 Å². The molecule has 0 unspecified atom stereocenters. The van der Waals surface area contributed by atoms with E-state index in [4.69, 9.17) is 4.52 Å². The lowest BCUT2D eigenvalue weighted by Crippen LogP contribution is -2.13. The lowest BCUT2D eigenvalue weighted by Gasteiger charge is -2.10. The standard InChI is InChI=1S/C21H17F2N5O2S/c1-28-11-10-24-21(28)31-17-7-6-15(23)12-16(17)25-18(29)8-9-19-26-20(27-30-19)13-2-4-14(22)5-3-13/h2-7,10-12H,8-9H2,1H3,(H,25,29). The van der Waals surface area contributed by atoms with Gasteiger partial charge in [-0.3, -0.25) is 4.79 Å². The Balaban J connectivity index is 1.40. The van der Waals surface area contributed by atoms with Gasteiger partial charge in [-0.05, 0) is 54.2 Å². The maximum atomic E-state index is 13.8. The van der Waals surface area contributed by atoms with Crippen LogP contribution in [0.4, 0.5) is 14.5 Å². The largest absolute Gasteiger partial charge is 0.339 e. The third kappa shape index (κ3) is 5.15. The van der Waals surface area contributed by atoms with Gasteiger partial charge in [0.25, 0.3) is 0 Å². The second-order valence-electron chi connectivity index (χ2n) is 6.63. The number of carbonyl (C=O) groups excluding carboxylic acids is 1. The molecule has 2 aromatic carbocycles. The monoisotopic (exact) mass is 441 g/mol. The molecule has 0 saturated heterocycles. The number of amides is 1. The minimum atomic E-state index is -0.458. The molecule has 1 N–H and O–H groups in total. The summed E-state index contributed by atoms with van der Waals surface area (Å²) in [6, 6.07) is 9.88. The van der Waals surface area contributed by atoms with Gasteiger partial charge in [0.05, 0.1) is 5.69 Å². The Kier molecular flexibility index (Phi) is 6.08. The van der Waals surface area contributed by atoms with Crippen molar-refractivity contribution in [2.75, 3.05) is 5.32 Å². The first-order valence-corrected chi connectivity index (χ1v) is 10.1. The van der Waals surface area contributed by atoms with Crippen LogP contribution in [0.2, 0.25) is 0 Å². The van der Waals surface area contributed by atoms with Crippen LogP contribution in [-0.2, 0) is 18.3 Å². The fourth-order valence-corrected chi connectivity index (χ4v) is 3.61. The van der Waals surface area contributed by atoms with E-state index >= 15 is 0 Å². The van der Waals surface area contributed by atoms with Crippen LogP contribution >= 0.6 is 11.8 Å². The van der Waals surface area contributed by atoms with Crippen molar-refractivity contribution in [2.45, 2.75) is 22.9 Å². The summed E-state index contributed by atoms with van der Waals surface area (Å²) in [5.74, 6) is -0.554. The van der Waals surface area contributed by atoms with E-state index in [2.05, 4.69) is 20.4 Å². The first-order chi connectivity index (χ1) is 15.0. The summed E-state index contributed by atoms with van der Waals surface area (Å²) >= 11 is 1.32. The van der Waals surface area contributed by atoms with Gasteiger partial charge in [-0.1, -0.05) is 5.16 Å². The highest BCUT2D eigenvalue weighted by Gasteiger charge is 2.14. The van der Waals surface area contributed by atoms with Crippen molar-refractivity contribution in [3.63, 3.8) is 0 Å². The molecule has 0 aliphatic rings. The summed E-state index contributed by atoms with van der Waals surface area (Å²) in [5.41, 5.74) is 0.965. The predicted molar refractivity (Wildman–Crippen MR) is 110 cm³/mol. The SMILES string of the molecule is Cn1ccnc1Sc1ccc(F)cc1NC(=O)CCc1nc(-c2ccc(F)cc2)no1. The molecular formula is C21H17F2N5O2S. The number of aromatic nitrogens is 4. The normalized spacial score (nSPS) is 10.9. The zero-order valence-electron chi connectivity index (χ0n) is 16.4. The van der Waals surface area contributed by atoms with Crippen LogP contribution in [0.1, 0.15) is 12.3 Å². The highest BCUT2D eigenvalue weighted by atomic mass is 32.2. The van der Waals surface area contributed by atoms with Gasteiger partial charge in [-0.25, -0.2) is 13.8 Å². The van der Waals surface area contributed by atoms with Gasteiger partial charge in [-0.15, -0.1) is 0 Å². The Hall–Kier alpha value is -3.53. The van der Waals surface area contributed by atoms with E-state index in [1.807, 2.05) is 11.6 Å². The number of imidazole rings is 1. The number of hydrogen-bond acceptors (Lipinski definition) is 6. The first kappa shape index (κ1) is 20.7. The fourth-order valence-electron chi connectivity index (χ4n) is 2.74. The molecule has 2 aromatic heterocycles. The van der Waals surface area contributed by atoms with Crippen LogP contribution in [0.15, 0.2) is 69.4 Å². The average Bonchev–Trinajstić information content (AvgIpc) is 3.38. The molecule has 4 rings (SSSR count). The molecule has 0 aliphatic heterocycles. The third-order valence-electron chi connectivity index (χ3n) is 4.33. The van der Waals surface area contributed by atoms with Gasteiger partial charge in [0.1, 0.15) is 11.6 Å². The number of anilines is 1. The molecule has 31 heavy (non-hydrogen) atoms. The summed E-state index contributed by atoms with van der Waals surface area (Å²) in [4.78, 5) is 21.6. The van der Waals surface area contributed by atoms with Crippen molar-refractivity contribution in [1.82, 2.24) is 19.7 Å². The minimum absolute atomic E-state index is 0.0636. The van der Waals surface area contributed by atoms with E-state index in [1.54, 1.807) is 30.6 Å². The lowest BCUT2D eigenvalue weighted by molar-refractivity contribution is -0.116.